The largest absolute Gasteiger partial charge is 0.481 e. The van der Waals surface area contributed by atoms with Gasteiger partial charge in [0.15, 0.2) is 6.10 Å². The maximum Gasteiger partial charge on any atom is 0.280 e. The van der Waals surface area contributed by atoms with Crippen molar-refractivity contribution in [2.24, 2.45) is 5.10 Å². The third kappa shape index (κ3) is 4.40. The van der Waals surface area contributed by atoms with E-state index in [1.165, 1.54) is 17.5 Å². The highest BCUT2D eigenvalue weighted by Crippen LogP contribution is 2.23. The molecule has 0 aliphatic heterocycles. The molecule has 0 saturated heterocycles. The minimum atomic E-state index is -0.655. The van der Waals surface area contributed by atoms with Crippen molar-refractivity contribution in [1.82, 2.24) is 5.43 Å². The van der Waals surface area contributed by atoms with Crippen LogP contribution in [0.15, 0.2) is 47.6 Å². The molecule has 5 heteroatoms. The summed E-state index contributed by atoms with van der Waals surface area (Å²) in [7, 11) is 0. The van der Waals surface area contributed by atoms with Crippen molar-refractivity contribution < 1.29 is 9.53 Å². The second kappa shape index (κ2) is 7.70. The van der Waals surface area contributed by atoms with Gasteiger partial charge in [-0.15, -0.1) is 0 Å². The monoisotopic (exact) mass is 356 g/mol. The van der Waals surface area contributed by atoms with E-state index in [1.54, 1.807) is 31.2 Å². The summed E-state index contributed by atoms with van der Waals surface area (Å²) in [5.41, 5.74) is 7.20. The van der Waals surface area contributed by atoms with Crippen LogP contribution < -0.4 is 10.2 Å². The van der Waals surface area contributed by atoms with Gasteiger partial charge in [0.05, 0.1) is 5.71 Å². The van der Waals surface area contributed by atoms with Crippen LogP contribution >= 0.6 is 11.6 Å². The van der Waals surface area contributed by atoms with Crippen molar-refractivity contribution in [3.8, 4) is 5.75 Å². The topological polar surface area (TPSA) is 50.7 Å². The van der Waals surface area contributed by atoms with E-state index in [9.17, 15) is 4.79 Å². The van der Waals surface area contributed by atoms with Gasteiger partial charge in [0.1, 0.15) is 5.75 Å². The van der Waals surface area contributed by atoms with Gasteiger partial charge >= 0.3 is 0 Å². The number of aryl methyl sites for hydroxylation is 2. The summed E-state index contributed by atoms with van der Waals surface area (Å²) in [6.07, 6.45) is 2.83. The maximum absolute atomic E-state index is 12.2. The van der Waals surface area contributed by atoms with Gasteiger partial charge in [-0.05, 0) is 80.1 Å². The van der Waals surface area contributed by atoms with E-state index in [2.05, 4.69) is 28.7 Å². The summed E-state index contributed by atoms with van der Waals surface area (Å²) in [6.45, 7) is 3.58. The van der Waals surface area contributed by atoms with Crippen molar-refractivity contribution in [2.75, 3.05) is 0 Å². The first-order valence-corrected chi connectivity index (χ1v) is 8.79. The second-order valence-corrected chi connectivity index (χ2v) is 6.66. The van der Waals surface area contributed by atoms with E-state index in [0.717, 1.165) is 24.1 Å². The normalized spacial score (nSPS) is 14.8. The van der Waals surface area contributed by atoms with Crippen LogP contribution in [0, 0.1) is 0 Å². The standard InChI is InChI=1S/C20H21ClN2O2/c1-13(16-7-6-15-4-3-5-17(15)12-16)22-23-20(24)14(2)25-19-10-8-18(21)9-11-19/h6-12,14H,3-5H2,1-2H3,(H,23,24)/t14-/m0/s1. The first-order chi connectivity index (χ1) is 12.0. The molecule has 0 fully saturated rings. The van der Waals surface area contributed by atoms with Gasteiger partial charge in [0.2, 0.25) is 0 Å². The number of halogens is 1. The summed E-state index contributed by atoms with van der Waals surface area (Å²) in [4.78, 5) is 12.2. The molecule has 1 aliphatic rings. The van der Waals surface area contributed by atoms with E-state index in [1.807, 2.05) is 6.92 Å². The molecule has 0 radical (unpaired) electrons. The first kappa shape index (κ1) is 17.5. The maximum atomic E-state index is 12.2. The molecule has 130 valence electrons. The number of rotatable bonds is 5. The lowest BCUT2D eigenvalue weighted by Gasteiger charge is -2.13. The van der Waals surface area contributed by atoms with Crippen LogP contribution in [-0.4, -0.2) is 17.7 Å². The minimum absolute atomic E-state index is 0.296. The molecule has 0 bridgehead atoms. The molecule has 1 amide bonds. The van der Waals surface area contributed by atoms with Crippen molar-refractivity contribution in [3.05, 3.63) is 64.2 Å². The Morgan fingerprint density at radius 2 is 1.88 bits per heavy atom. The lowest BCUT2D eigenvalue weighted by Crippen LogP contribution is -2.33. The molecule has 1 N–H and O–H groups in total. The van der Waals surface area contributed by atoms with Crippen LogP contribution in [0.25, 0.3) is 0 Å². The Hall–Kier alpha value is -2.33. The van der Waals surface area contributed by atoms with Gasteiger partial charge in [0, 0.05) is 5.02 Å². The number of carbonyl (C=O) groups is 1. The van der Waals surface area contributed by atoms with Gasteiger partial charge in [-0.3, -0.25) is 4.79 Å². The Bertz CT molecular complexity index is 800. The number of nitrogens with zero attached hydrogens (tertiary/aromatic N) is 1. The van der Waals surface area contributed by atoms with E-state index in [4.69, 9.17) is 16.3 Å². The van der Waals surface area contributed by atoms with E-state index in [0.29, 0.717) is 10.8 Å². The fourth-order valence-corrected chi connectivity index (χ4v) is 2.99. The lowest BCUT2D eigenvalue weighted by molar-refractivity contribution is -0.127. The van der Waals surface area contributed by atoms with Crippen LogP contribution in [0.3, 0.4) is 0 Å². The number of nitrogens with one attached hydrogen (secondary N) is 1. The summed E-state index contributed by atoms with van der Waals surface area (Å²) >= 11 is 5.84. The Balaban J connectivity index is 1.60. The van der Waals surface area contributed by atoms with Crippen LogP contribution in [0.4, 0.5) is 0 Å². The third-order valence-electron chi connectivity index (χ3n) is 4.35. The average molecular weight is 357 g/mol. The van der Waals surface area contributed by atoms with Crippen molar-refractivity contribution in [1.29, 1.82) is 0 Å². The molecule has 2 aromatic carbocycles. The van der Waals surface area contributed by atoms with E-state index >= 15 is 0 Å². The molecule has 0 spiro atoms. The highest BCUT2D eigenvalue weighted by atomic mass is 35.5. The van der Waals surface area contributed by atoms with Gasteiger partial charge in [0.25, 0.3) is 5.91 Å². The highest BCUT2D eigenvalue weighted by molar-refractivity contribution is 6.30. The van der Waals surface area contributed by atoms with Gasteiger partial charge in [-0.25, -0.2) is 5.43 Å². The number of hydrogen-bond donors (Lipinski definition) is 1. The fourth-order valence-electron chi connectivity index (χ4n) is 2.86. The Morgan fingerprint density at radius 3 is 2.64 bits per heavy atom. The number of fused-ring (bicyclic) bond motifs is 1. The molecule has 1 aliphatic carbocycles. The molecule has 4 nitrogen and oxygen atoms in total. The highest BCUT2D eigenvalue weighted by Gasteiger charge is 2.15. The van der Waals surface area contributed by atoms with Crippen molar-refractivity contribution in [3.63, 3.8) is 0 Å². The summed E-state index contributed by atoms with van der Waals surface area (Å²) in [6, 6.07) is 13.3. The van der Waals surface area contributed by atoms with Gasteiger partial charge in [-0.1, -0.05) is 23.7 Å². The SMILES string of the molecule is CC(=NNC(=O)[C@H](C)Oc1ccc(Cl)cc1)c1ccc2c(c1)CCC2. The Kier molecular flexibility index (Phi) is 5.39. The molecule has 25 heavy (non-hydrogen) atoms. The number of hydrazone groups is 1. The molecule has 0 unspecified atom stereocenters. The van der Waals surface area contributed by atoms with Gasteiger partial charge in [-0.2, -0.15) is 5.10 Å². The smallest absolute Gasteiger partial charge is 0.280 e. The number of ether oxygens (including phenoxy) is 1. The zero-order valence-corrected chi connectivity index (χ0v) is 15.1. The predicted molar refractivity (Wildman–Crippen MR) is 100 cm³/mol. The quantitative estimate of drug-likeness (QED) is 0.646. The van der Waals surface area contributed by atoms with Crippen molar-refractivity contribution in [2.45, 2.75) is 39.2 Å². The molecule has 2 aromatic rings. The molecular weight excluding hydrogens is 336 g/mol. The molecule has 0 aromatic heterocycles. The molecule has 3 rings (SSSR count). The Morgan fingerprint density at radius 1 is 1.16 bits per heavy atom. The predicted octanol–water partition coefficient (Wildman–Crippen LogP) is 4.14. The number of benzene rings is 2. The van der Waals surface area contributed by atoms with E-state index < -0.39 is 6.10 Å². The van der Waals surface area contributed by atoms with Crippen LogP contribution in [-0.2, 0) is 17.6 Å². The third-order valence-corrected chi connectivity index (χ3v) is 4.60. The lowest BCUT2D eigenvalue weighted by atomic mass is 10.0. The second-order valence-electron chi connectivity index (χ2n) is 6.22. The summed E-state index contributed by atoms with van der Waals surface area (Å²) in [5, 5.41) is 4.84. The first-order valence-electron chi connectivity index (χ1n) is 8.41. The summed E-state index contributed by atoms with van der Waals surface area (Å²) < 4.78 is 5.59. The average Bonchev–Trinajstić information content (AvgIpc) is 3.08. The molecule has 0 saturated carbocycles. The number of hydrogen-bond acceptors (Lipinski definition) is 3. The number of amides is 1. The number of carbonyl (C=O) groups excluding carboxylic acids is 1. The molecular formula is C20H21ClN2O2. The van der Waals surface area contributed by atoms with Crippen LogP contribution in [0.1, 0.15) is 37.0 Å². The fraction of sp³-hybridized carbons (Fsp3) is 0.300. The van der Waals surface area contributed by atoms with Crippen LogP contribution in [0.5, 0.6) is 5.75 Å². The van der Waals surface area contributed by atoms with E-state index in [-0.39, 0.29) is 5.91 Å². The zero-order chi connectivity index (χ0) is 17.8. The summed E-state index contributed by atoms with van der Waals surface area (Å²) in [5.74, 6) is 0.293. The zero-order valence-electron chi connectivity index (χ0n) is 14.4. The Labute approximate surface area is 152 Å². The molecule has 0 heterocycles. The van der Waals surface area contributed by atoms with Crippen LogP contribution in [0.2, 0.25) is 5.02 Å². The minimum Gasteiger partial charge on any atom is -0.481 e. The van der Waals surface area contributed by atoms with Crippen molar-refractivity contribution >= 4 is 23.2 Å². The van der Waals surface area contributed by atoms with Gasteiger partial charge < -0.3 is 4.74 Å². The molecule has 1 atom stereocenters.